The van der Waals surface area contributed by atoms with Crippen LogP contribution in [-0.4, -0.2) is 24.6 Å². The maximum absolute atomic E-state index is 12.7. The summed E-state index contributed by atoms with van der Waals surface area (Å²) in [5, 5.41) is 0. The summed E-state index contributed by atoms with van der Waals surface area (Å²) < 4.78 is 155. The monoisotopic (exact) mass is 394 g/mol. The zero-order chi connectivity index (χ0) is 19.8. The summed E-state index contributed by atoms with van der Waals surface area (Å²) in [5.74, 6) is -6.88. The van der Waals surface area contributed by atoms with Crippen molar-refractivity contribution in [1.29, 1.82) is 0 Å². The highest BCUT2D eigenvalue weighted by Gasteiger charge is 2.68. The second-order valence-corrected chi connectivity index (χ2v) is 4.63. The Morgan fingerprint density at radius 3 is 1.44 bits per heavy atom. The predicted octanol–water partition coefficient (Wildman–Crippen LogP) is 5.76. The first-order valence-electron chi connectivity index (χ1n) is 5.98. The zero-order valence-corrected chi connectivity index (χ0v) is 11.4. The summed E-state index contributed by atoms with van der Waals surface area (Å²) in [6, 6.07) is 1.67. The molecule has 1 atom stereocenters. The zero-order valence-electron chi connectivity index (χ0n) is 11.4. The fourth-order valence-corrected chi connectivity index (χ4v) is 1.79. The number of hydrogen-bond acceptors (Lipinski definition) is 1. The van der Waals surface area contributed by atoms with Crippen LogP contribution in [0.5, 0.6) is 5.75 Å². The van der Waals surface area contributed by atoms with Gasteiger partial charge in [0.15, 0.2) is 5.92 Å². The molecule has 0 heterocycles. The summed E-state index contributed by atoms with van der Waals surface area (Å²) in [6.45, 7) is 0. The third-order valence-electron chi connectivity index (χ3n) is 2.78. The van der Waals surface area contributed by atoms with Gasteiger partial charge in [-0.05, 0) is 12.1 Å². The van der Waals surface area contributed by atoms with Gasteiger partial charge in [0.25, 0.3) is 0 Å². The van der Waals surface area contributed by atoms with Crippen molar-refractivity contribution in [1.82, 2.24) is 0 Å². The third-order valence-corrected chi connectivity index (χ3v) is 2.78. The van der Waals surface area contributed by atoms with Gasteiger partial charge in [0.1, 0.15) is 5.75 Å². The summed E-state index contributed by atoms with van der Waals surface area (Å²) >= 11 is 0. The maximum atomic E-state index is 12.7. The van der Waals surface area contributed by atoms with E-state index in [1.165, 1.54) is 0 Å². The van der Waals surface area contributed by atoms with Crippen molar-refractivity contribution in [3.8, 4) is 5.75 Å². The van der Waals surface area contributed by atoms with Gasteiger partial charge in [-0.25, -0.2) is 0 Å². The van der Waals surface area contributed by atoms with E-state index < -0.39 is 48.0 Å². The lowest BCUT2D eigenvalue weighted by molar-refractivity contribution is -0.340. The minimum Gasteiger partial charge on any atom is -0.479 e. The summed E-state index contributed by atoms with van der Waals surface area (Å²) in [7, 11) is 0. The number of benzene rings is 1. The molecule has 144 valence electrons. The average molecular weight is 394 g/mol. The fourth-order valence-electron chi connectivity index (χ4n) is 1.79. The first-order chi connectivity index (χ1) is 11.0. The van der Waals surface area contributed by atoms with Gasteiger partial charge in [0, 0.05) is 0 Å². The van der Waals surface area contributed by atoms with Crippen molar-refractivity contribution in [2.24, 2.45) is 5.92 Å². The van der Waals surface area contributed by atoms with Gasteiger partial charge in [-0.3, -0.25) is 0 Å². The molecule has 25 heavy (non-hydrogen) atoms. The molecule has 0 aliphatic carbocycles. The standard InChI is InChI=1S/C12H6F12O/c13-9(14,15)5-3-1-2-4-6(5)25-8(12(22,23)24)7(10(16,17)18)11(19,20)21/h1-4,7-8H. The summed E-state index contributed by atoms with van der Waals surface area (Å²) in [4.78, 5) is 0. The van der Waals surface area contributed by atoms with E-state index in [4.69, 9.17) is 0 Å². The molecule has 0 aliphatic rings. The third kappa shape index (κ3) is 5.33. The van der Waals surface area contributed by atoms with Crippen LogP contribution in [0, 0.1) is 5.92 Å². The lowest BCUT2D eigenvalue weighted by Crippen LogP contribution is -2.53. The molecule has 0 saturated carbocycles. The van der Waals surface area contributed by atoms with Crippen LogP contribution in [0.1, 0.15) is 5.56 Å². The largest absolute Gasteiger partial charge is 0.479 e. The molecule has 13 heteroatoms. The van der Waals surface area contributed by atoms with Crippen molar-refractivity contribution >= 4 is 0 Å². The molecule has 0 amide bonds. The lowest BCUT2D eigenvalue weighted by atomic mass is 10.00. The Bertz CT molecular complexity index is 565. The Morgan fingerprint density at radius 1 is 0.640 bits per heavy atom. The highest BCUT2D eigenvalue weighted by molar-refractivity contribution is 5.36. The fraction of sp³-hybridized carbons (Fsp3) is 0.500. The van der Waals surface area contributed by atoms with E-state index in [1.807, 2.05) is 0 Å². The quantitative estimate of drug-likeness (QED) is 0.593. The van der Waals surface area contributed by atoms with Gasteiger partial charge in [0.2, 0.25) is 6.10 Å². The number of alkyl halides is 12. The van der Waals surface area contributed by atoms with Crippen LogP contribution < -0.4 is 4.74 Å². The molecule has 1 aromatic rings. The second-order valence-electron chi connectivity index (χ2n) is 4.63. The van der Waals surface area contributed by atoms with Crippen LogP contribution in [0.3, 0.4) is 0 Å². The molecule has 1 aromatic carbocycles. The molecular formula is C12H6F12O. The first-order valence-corrected chi connectivity index (χ1v) is 5.98. The molecule has 0 saturated heterocycles. The Kier molecular flexibility index (Phi) is 5.50. The van der Waals surface area contributed by atoms with E-state index >= 15 is 0 Å². The van der Waals surface area contributed by atoms with Crippen molar-refractivity contribution in [2.45, 2.75) is 30.8 Å². The van der Waals surface area contributed by atoms with Crippen LogP contribution >= 0.6 is 0 Å². The Morgan fingerprint density at radius 2 is 1.08 bits per heavy atom. The minimum atomic E-state index is -6.47. The predicted molar refractivity (Wildman–Crippen MR) is 57.5 cm³/mol. The van der Waals surface area contributed by atoms with Gasteiger partial charge >= 0.3 is 24.7 Å². The number of halogens is 12. The van der Waals surface area contributed by atoms with Gasteiger partial charge in [0.05, 0.1) is 5.56 Å². The van der Waals surface area contributed by atoms with Crippen LogP contribution in [0.25, 0.3) is 0 Å². The van der Waals surface area contributed by atoms with Crippen molar-refractivity contribution < 1.29 is 57.4 Å². The summed E-state index contributed by atoms with van der Waals surface area (Å²) in [6.07, 6.45) is -29.2. The Balaban J connectivity index is 3.46. The second kappa shape index (κ2) is 6.48. The van der Waals surface area contributed by atoms with E-state index in [0.29, 0.717) is 12.1 Å². The Hall–Kier alpha value is -1.82. The molecule has 1 unspecified atom stereocenters. The highest BCUT2D eigenvalue weighted by atomic mass is 19.4. The SMILES string of the molecule is FC(F)(F)c1ccccc1OC(C(C(F)(F)F)C(F)(F)F)C(F)(F)F. The molecule has 0 fully saturated rings. The molecule has 0 aliphatic heterocycles. The molecule has 0 radical (unpaired) electrons. The van der Waals surface area contributed by atoms with Crippen LogP contribution in [0.15, 0.2) is 24.3 Å². The van der Waals surface area contributed by atoms with Gasteiger partial charge < -0.3 is 4.74 Å². The van der Waals surface area contributed by atoms with Crippen LogP contribution in [0.2, 0.25) is 0 Å². The molecule has 0 bridgehead atoms. The molecule has 0 N–H and O–H groups in total. The Labute approximate surface area is 131 Å². The van der Waals surface area contributed by atoms with E-state index in [2.05, 4.69) is 4.74 Å². The van der Waals surface area contributed by atoms with Gasteiger partial charge in [-0.2, -0.15) is 52.7 Å². The van der Waals surface area contributed by atoms with E-state index in [-0.39, 0.29) is 12.1 Å². The van der Waals surface area contributed by atoms with Crippen molar-refractivity contribution in [2.75, 3.05) is 0 Å². The maximum Gasteiger partial charge on any atom is 0.426 e. The van der Waals surface area contributed by atoms with Crippen LogP contribution in [0.4, 0.5) is 52.7 Å². The number of para-hydroxylation sites is 1. The normalized spacial score (nSPS) is 15.4. The van der Waals surface area contributed by atoms with Crippen molar-refractivity contribution in [3.63, 3.8) is 0 Å². The number of rotatable bonds is 3. The van der Waals surface area contributed by atoms with Crippen molar-refractivity contribution in [3.05, 3.63) is 29.8 Å². The molecule has 0 aromatic heterocycles. The smallest absolute Gasteiger partial charge is 0.426 e. The first kappa shape index (κ1) is 21.2. The molecular weight excluding hydrogens is 388 g/mol. The highest BCUT2D eigenvalue weighted by Crippen LogP contribution is 2.48. The number of hydrogen-bond donors (Lipinski definition) is 0. The number of ether oxygens (including phenoxy) is 1. The minimum absolute atomic E-state index is 0.152. The van der Waals surface area contributed by atoms with Gasteiger partial charge in [-0.1, -0.05) is 12.1 Å². The summed E-state index contributed by atoms with van der Waals surface area (Å²) in [5.41, 5.74) is -1.95. The van der Waals surface area contributed by atoms with Crippen LogP contribution in [-0.2, 0) is 6.18 Å². The van der Waals surface area contributed by atoms with E-state index in [1.54, 1.807) is 0 Å². The topological polar surface area (TPSA) is 9.23 Å². The average Bonchev–Trinajstić information content (AvgIpc) is 2.32. The molecule has 1 nitrogen and oxygen atoms in total. The molecule has 0 spiro atoms. The van der Waals surface area contributed by atoms with E-state index in [9.17, 15) is 52.7 Å². The lowest BCUT2D eigenvalue weighted by Gasteiger charge is -2.32. The van der Waals surface area contributed by atoms with Gasteiger partial charge in [-0.15, -0.1) is 0 Å². The van der Waals surface area contributed by atoms with E-state index in [0.717, 1.165) is 0 Å². The molecule has 1 rings (SSSR count).